The molecule has 0 saturated heterocycles. The number of carbonyl (C=O) groups is 3. The number of amides is 3. The number of nitrogens with zero attached hydrogens (tertiary/aromatic N) is 1. The van der Waals surface area contributed by atoms with Gasteiger partial charge >= 0.3 is 0 Å². The van der Waals surface area contributed by atoms with Crippen LogP contribution in [0.1, 0.15) is 62.4 Å². The lowest BCUT2D eigenvalue weighted by Gasteiger charge is -2.24. The molecule has 1 aromatic rings. The third kappa shape index (κ3) is 4.40. The van der Waals surface area contributed by atoms with Crippen molar-refractivity contribution in [3.63, 3.8) is 0 Å². The third-order valence-electron chi connectivity index (χ3n) is 3.29. The van der Waals surface area contributed by atoms with Gasteiger partial charge in [0.2, 0.25) is 17.7 Å². The van der Waals surface area contributed by atoms with Crippen LogP contribution in [0, 0.1) is 5.89 Å². The van der Waals surface area contributed by atoms with E-state index in [1.165, 1.54) is 0 Å². The van der Waals surface area contributed by atoms with Gasteiger partial charge in [0.15, 0.2) is 0 Å². The summed E-state index contributed by atoms with van der Waals surface area (Å²) in [5.74, 6) is -10.1. The van der Waals surface area contributed by atoms with Gasteiger partial charge in [-0.05, 0) is 30.4 Å². The molecular formula is C19H27N3O4. The van der Waals surface area contributed by atoms with E-state index in [2.05, 4.69) is 0 Å². The van der Waals surface area contributed by atoms with Crippen LogP contribution >= 0.6 is 0 Å². The molecule has 7 nitrogen and oxygen atoms in total. The molecule has 0 fully saturated rings. The summed E-state index contributed by atoms with van der Waals surface area (Å²) in [6, 6.07) is -9.72. The molecule has 3 N–H and O–H groups in total. The Morgan fingerprint density at radius 3 is 2.88 bits per heavy atom. The molecule has 0 radical (unpaired) electrons. The van der Waals surface area contributed by atoms with Gasteiger partial charge < -0.3 is 20.6 Å². The van der Waals surface area contributed by atoms with Crippen LogP contribution in [-0.2, 0) is 20.8 Å². The molecule has 0 aromatic heterocycles. The van der Waals surface area contributed by atoms with Crippen LogP contribution in [0.5, 0.6) is 0 Å². The Kier molecular flexibility index (Phi) is 2.12. The minimum absolute atomic E-state index is 0.410. The van der Waals surface area contributed by atoms with Crippen LogP contribution in [0.25, 0.3) is 0 Å². The minimum Gasteiger partial charge on any atom is -0.383 e. The molecule has 1 aromatic carbocycles. The van der Waals surface area contributed by atoms with E-state index in [1.807, 2.05) is 0 Å². The topological polar surface area (TPSA) is 98.7 Å². The van der Waals surface area contributed by atoms with Gasteiger partial charge in [-0.15, -0.1) is 0 Å². The number of fused-ring (bicyclic) bond motifs is 1. The maximum absolute atomic E-state index is 13.6. The first kappa shape index (κ1) is 6.64. The van der Waals surface area contributed by atoms with Crippen LogP contribution < -0.4 is 10.6 Å². The predicted octanol–water partition coefficient (Wildman–Crippen LogP) is 0.380. The van der Waals surface area contributed by atoms with Crippen molar-refractivity contribution in [3.05, 3.63) is 35.3 Å². The molecule has 0 aliphatic carbocycles. The second-order valence-corrected chi connectivity index (χ2v) is 5.11. The Bertz CT molecular complexity index is 1360. The lowest BCUT2D eigenvalue weighted by molar-refractivity contribution is -0.137. The lowest BCUT2D eigenvalue weighted by Crippen LogP contribution is -2.51. The second-order valence-electron chi connectivity index (χ2n) is 5.11. The molecular weight excluding hydrogens is 334 g/mol. The first-order valence-electron chi connectivity index (χ1n) is 16.1. The summed E-state index contributed by atoms with van der Waals surface area (Å²) >= 11 is 0. The molecule has 3 amide bonds. The van der Waals surface area contributed by atoms with Crippen LogP contribution in [0.15, 0.2) is 24.2 Å². The molecule has 142 valence electrons. The Balaban J connectivity index is 2.69. The zero-order valence-electron chi connectivity index (χ0n) is 31.4. The van der Waals surface area contributed by atoms with E-state index in [0.29, 0.717) is 0 Å². The number of hydrogen-bond donors (Lipinski definition) is 3. The van der Waals surface area contributed by atoms with Crippen LogP contribution in [0.3, 0.4) is 0 Å². The summed E-state index contributed by atoms with van der Waals surface area (Å²) in [7, 11) is 0. The summed E-state index contributed by atoms with van der Waals surface area (Å²) in [6.07, 6.45) is -5.46. The van der Waals surface area contributed by atoms with Gasteiger partial charge in [0.1, 0.15) is 18.1 Å². The normalized spacial score (nSPS) is 37.3. The monoisotopic (exact) mass is 379 g/mol. The quantitative estimate of drug-likeness (QED) is 0.689. The van der Waals surface area contributed by atoms with Gasteiger partial charge in [0.05, 0.1) is 8.22 Å². The Hall–Kier alpha value is -2.41. The highest BCUT2D eigenvalue weighted by Crippen LogP contribution is 2.24. The van der Waals surface area contributed by atoms with E-state index in [1.54, 1.807) is 10.6 Å². The average molecular weight is 380 g/mol. The number of carbonyl (C=O) groups excluding carboxylic acids is 3. The number of benzene rings is 1. The molecule has 0 unspecified atom stereocenters. The average Bonchev–Trinajstić information content (AvgIpc) is 2.88. The van der Waals surface area contributed by atoms with Crippen molar-refractivity contribution < 1.29 is 44.2 Å². The summed E-state index contributed by atoms with van der Waals surface area (Å²) in [5, 5.41) is 13.7. The Morgan fingerprint density at radius 1 is 1.46 bits per heavy atom. The predicted molar refractivity (Wildman–Crippen MR) is 97.1 cm³/mol. The van der Waals surface area contributed by atoms with Crippen molar-refractivity contribution in [2.45, 2.75) is 45.2 Å². The number of aliphatic hydroxyl groups is 1. The van der Waals surface area contributed by atoms with Gasteiger partial charge in [-0.3, -0.25) is 14.4 Å². The first-order chi connectivity index (χ1) is 19.3. The largest absolute Gasteiger partial charge is 0.383 e. The van der Waals surface area contributed by atoms with Crippen molar-refractivity contribution in [3.8, 4) is 0 Å². The Labute approximate surface area is 179 Å². The minimum atomic E-state index is -4.28. The number of hydrogen-bond acceptors (Lipinski definition) is 4. The fourth-order valence-electron chi connectivity index (χ4n) is 1.92. The molecule has 1 aliphatic rings. The molecule has 3 atom stereocenters. The van der Waals surface area contributed by atoms with Gasteiger partial charge in [0.25, 0.3) is 0 Å². The van der Waals surface area contributed by atoms with Gasteiger partial charge in [-0.1, -0.05) is 37.9 Å². The van der Waals surface area contributed by atoms with E-state index in [-0.39, 0.29) is 0 Å². The fraction of sp³-hybridized carbons (Fsp3) is 0.526. The van der Waals surface area contributed by atoms with E-state index >= 15 is 0 Å². The van der Waals surface area contributed by atoms with Crippen molar-refractivity contribution in [2.75, 3.05) is 13.5 Å². The van der Waals surface area contributed by atoms with E-state index in [0.717, 1.165) is 6.92 Å². The van der Waals surface area contributed by atoms with Crippen molar-refractivity contribution in [1.29, 1.82) is 0 Å². The maximum atomic E-state index is 13.6. The van der Waals surface area contributed by atoms with Crippen LogP contribution in [-0.4, -0.2) is 53.3 Å². The highest BCUT2D eigenvalue weighted by atomic mass is 16.3. The summed E-state index contributed by atoms with van der Waals surface area (Å²) in [5.41, 5.74) is -1.79. The SMILES string of the molecule is [2H]c1c([2H])c([2H])c2c(c1[2H])CC([2H])([2H])N(C([2H])([2H])[2H])C(=O)[C@@]2([2H])NC(=O)[C@H](C)NC(=O)[C@@]([2H])(O)C([2H])(C([2H])([2H])[2H])C([2H])([2H])[2H]. The second kappa shape index (κ2) is 8.31. The zero-order chi connectivity index (χ0) is 35.0. The smallest absolute Gasteiger partial charge is 0.249 e. The van der Waals surface area contributed by atoms with E-state index in [9.17, 15) is 19.5 Å². The number of rotatable bonds is 5. The summed E-state index contributed by atoms with van der Waals surface area (Å²) in [6.45, 7) is -14.0. The molecule has 7 heteroatoms. The lowest BCUT2D eigenvalue weighted by atomic mass is 9.99. The van der Waals surface area contributed by atoms with E-state index in [4.69, 9.17) is 24.7 Å². The van der Waals surface area contributed by atoms with Crippen molar-refractivity contribution in [2.24, 2.45) is 5.89 Å². The van der Waals surface area contributed by atoms with Gasteiger partial charge in [-0.2, -0.15) is 0 Å². The molecule has 0 bridgehead atoms. The maximum Gasteiger partial charge on any atom is 0.249 e. The summed E-state index contributed by atoms with van der Waals surface area (Å²) in [4.78, 5) is 39.2. The number of nitrogens with one attached hydrogen (secondary N) is 2. The standard InChI is InChI=1S/C19H27N3O4/c1-11(2)16(23)18(25)20-12(3)17(24)21-15-14-8-6-5-7-13(14)9-10-22(4)19(15)26/h5-8,11-12,15-16,23H,9-10H2,1-4H3,(H,20,25)(H,21,24)/t12-,15-,16-/m0/s1/i1D3,2D3,4D3,5D,6D,7D,8D,10D2,11D,15D,16D. The van der Waals surface area contributed by atoms with Crippen molar-refractivity contribution >= 4 is 17.7 Å². The Morgan fingerprint density at radius 2 is 2.19 bits per heavy atom. The zero-order valence-corrected chi connectivity index (χ0v) is 13.4. The van der Waals surface area contributed by atoms with Gasteiger partial charge in [-0.25, -0.2) is 0 Å². The first-order valence-corrected chi connectivity index (χ1v) is 7.12. The molecule has 0 saturated carbocycles. The third-order valence-corrected chi connectivity index (χ3v) is 3.29. The molecule has 0 spiro atoms. The van der Waals surface area contributed by atoms with Crippen LogP contribution in [0.4, 0.5) is 0 Å². The highest BCUT2D eigenvalue weighted by molar-refractivity contribution is 5.93. The van der Waals surface area contributed by atoms with E-state index < -0.39 is 116 Å². The highest BCUT2D eigenvalue weighted by Gasteiger charge is 2.32. The van der Waals surface area contributed by atoms with Crippen LogP contribution in [0.2, 0.25) is 0 Å². The molecule has 26 heavy (non-hydrogen) atoms. The fourth-order valence-corrected chi connectivity index (χ4v) is 1.92. The molecule has 2 rings (SSSR count). The number of likely N-dealkylation sites (N-methyl/N-ethyl adjacent to an activating group) is 1. The van der Waals surface area contributed by atoms with Crippen molar-refractivity contribution in [1.82, 2.24) is 15.5 Å². The molecule has 1 aliphatic heterocycles. The summed E-state index contributed by atoms with van der Waals surface area (Å²) < 4.78 is 141. The van der Waals surface area contributed by atoms with Gasteiger partial charge in [0, 0.05) is 29.9 Å². The molecule has 1 heterocycles.